The second kappa shape index (κ2) is 7.13. The average molecular weight is 371 g/mol. The van der Waals surface area contributed by atoms with Crippen molar-refractivity contribution in [2.75, 3.05) is 13.1 Å². The molecule has 2 heterocycles. The molecule has 0 spiro atoms. The van der Waals surface area contributed by atoms with Crippen LogP contribution < -0.4 is 0 Å². The summed E-state index contributed by atoms with van der Waals surface area (Å²) in [5, 5.41) is 13.4. The molecule has 1 aromatic heterocycles. The van der Waals surface area contributed by atoms with Crippen molar-refractivity contribution >= 4 is 11.9 Å². The quantitative estimate of drug-likeness (QED) is 0.890. The van der Waals surface area contributed by atoms with E-state index in [4.69, 9.17) is 4.52 Å². The van der Waals surface area contributed by atoms with Crippen LogP contribution in [0.25, 0.3) is 11.5 Å². The number of carbonyl (C=O) groups excluding carboxylic acids is 1. The summed E-state index contributed by atoms with van der Waals surface area (Å²) < 4.78 is 5.41. The van der Waals surface area contributed by atoms with Gasteiger partial charge in [0, 0.05) is 18.5 Å². The van der Waals surface area contributed by atoms with Crippen LogP contribution in [0.4, 0.5) is 0 Å². The summed E-state index contributed by atoms with van der Waals surface area (Å²) in [6.07, 6.45) is 0.583. The van der Waals surface area contributed by atoms with Gasteiger partial charge in [-0.2, -0.15) is 4.98 Å². The number of aromatic nitrogens is 2. The molecule has 0 aliphatic carbocycles. The lowest BCUT2D eigenvalue weighted by molar-refractivity contribution is -0.143. The van der Waals surface area contributed by atoms with E-state index in [2.05, 4.69) is 10.1 Å². The Hall–Kier alpha value is -2.70. The molecule has 2 unspecified atom stereocenters. The zero-order valence-electron chi connectivity index (χ0n) is 16.1. The maximum absolute atomic E-state index is 13.2. The molecule has 1 N–H and O–H groups in total. The van der Waals surface area contributed by atoms with Crippen LogP contribution >= 0.6 is 0 Å². The maximum atomic E-state index is 13.2. The first-order chi connectivity index (χ1) is 12.7. The molecule has 0 radical (unpaired) electrons. The Morgan fingerprint density at radius 2 is 1.93 bits per heavy atom. The van der Waals surface area contributed by atoms with Crippen molar-refractivity contribution in [1.29, 1.82) is 0 Å². The Bertz CT molecular complexity index is 853. The number of rotatable bonds is 3. The van der Waals surface area contributed by atoms with E-state index in [1.54, 1.807) is 23.1 Å². The molecule has 144 valence electrons. The molecule has 27 heavy (non-hydrogen) atoms. The molecular weight excluding hydrogens is 346 g/mol. The van der Waals surface area contributed by atoms with Crippen LogP contribution in [0, 0.1) is 11.8 Å². The summed E-state index contributed by atoms with van der Waals surface area (Å²) in [5.41, 5.74) is 0.744. The third-order valence-electron chi connectivity index (χ3n) is 4.78. The second-order valence-electron chi connectivity index (χ2n) is 8.30. The van der Waals surface area contributed by atoms with Crippen molar-refractivity contribution in [3.05, 3.63) is 35.7 Å². The first-order valence-electron chi connectivity index (χ1n) is 9.12. The molecule has 1 aromatic carbocycles. The predicted octanol–water partition coefficient (Wildman–Crippen LogP) is 3.22. The number of nitrogens with zero attached hydrogens (tertiary/aromatic N) is 3. The van der Waals surface area contributed by atoms with Crippen LogP contribution in [-0.4, -0.2) is 45.1 Å². The van der Waals surface area contributed by atoms with Crippen LogP contribution in [-0.2, 0) is 10.2 Å². The number of carboxylic acids is 1. The van der Waals surface area contributed by atoms with Gasteiger partial charge in [-0.3, -0.25) is 9.59 Å². The van der Waals surface area contributed by atoms with Gasteiger partial charge >= 0.3 is 5.97 Å². The number of hydrogen-bond donors (Lipinski definition) is 1. The molecule has 7 nitrogen and oxygen atoms in total. The van der Waals surface area contributed by atoms with Gasteiger partial charge in [0.25, 0.3) is 11.8 Å². The summed E-state index contributed by atoms with van der Waals surface area (Å²) >= 11 is 0. The number of carboxylic acid groups (broad SMARTS) is 1. The molecule has 1 aliphatic rings. The van der Waals surface area contributed by atoms with E-state index in [1.165, 1.54) is 0 Å². The van der Waals surface area contributed by atoms with E-state index in [0.717, 1.165) is 0 Å². The minimum absolute atomic E-state index is 0.131. The van der Waals surface area contributed by atoms with Gasteiger partial charge in [-0.1, -0.05) is 45.0 Å². The van der Waals surface area contributed by atoms with Crippen LogP contribution in [0.1, 0.15) is 50.3 Å². The highest BCUT2D eigenvalue weighted by atomic mass is 16.5. The van der Waals surface area contributed by atoms with Crippen LogP contribution in [0.3, 0.4) is 0 Å². The molecule has 0 bridgehead atoms. The molecule has 2 atom stereocenters. The molecule has 1 aliphatic heterocycles. The largest absolute Gasteiger partial charge is 0.481 e. The Kier molecular flexibility index (Phi) is 5.04. The standard InChI is InChI=1S/C20H25N3O4/c1-12-9-13(18(25)26)11-23(10-12)17(24)15-8-6-5-7-14(15)16-21-19(22-27-16)20(2,3)4/h5-8,12-13H,9-11H2,1-4H3,(H,25,26). The van der Waals surface area contributed by atoms with Gasteiger partial charge in [-0.15, -0.1) is 0 Å². The maximum Gasteiger partial charge on any atom is 0.308 e. The molecule has 1 fully saturated rings. The fourth-order valence-corrected chi connectivity index (χ4v) is 3.36. The predicted molar refractivity (Wildman–Crippen MR) is 99.2 cm³/mol. The third kappa shape index (κ3) is 4.02. The van der Waals surface area contributed by atoms with Crippen LogP contribution in [0.2, 0.25) is 0 Å². The van der Waals surface area contributed by atoms with Crippen LogP contribution in [0.5, 0.6) is 0 Å². The van der Waals surface area contributed by atoms with Gasteiger partial charge < -0.3 is 14.5 Å². The van der Waals surface area contributed by atoms with Gasteiger partial charge in [0.05, 0.1) is 17.0 Å². The van der Waals surface area contributed by atoms with E-state index in [1.807, 2.05) is 33.8 Å². The van der Waals surface area contributed by atoms with Gasteiger partial charge in [0.15, 0.2) is 5.82 Å². The van der Waals surface area contributed by atoms with E-state index in [0.29, 0.717) is 35.8 Å². The van der Waals surface area contributed by atoms with Crippen molar-refractivity contribution < 1.29 is 19.2 Å². The fraction of sp³-hybridized carbons (Fsp3) is 0.500. The SMILES string of the molecule is CC1CC(C(=O)O)CN(C(=O)c2ccccc2-c2nc(C(C)(C)C)no2)C1. The third-order valence-corrected chi connectivity index (χ3v) is 4.78. The lowest BCUT2D eigenvalue weighted by Gasteiger charge is -2.35. The highest BCUT2D eigenvalue weighted by Gasteiger charge is 2.33. The topological polar surface area (TPSA) is 96.5 Å². The van der Waals surface area contributed by atoms with Crippen molar-refractivity contribution in [1.82, 2.24) is 15.0 Å². The molecule has 1 amide bonds. The minimum atomic E-state index is -0.862. The summed E-state index contributed by atoms with van der Waals surface area (Å²) in [7, 11) is 0. The first kappa shape index (κ1) is 19.1. The van der Waals surface area contributed by atoms with E-state index < -0.39 is 11.9 Å². The molecule has 2 aromatic rings. The molecule has 0 saturated carbocycles. The van der Waals surface area contributed by atoms with Crippen molar-refractivity contribution in [3.8, 4) is 11.5 Å². The number of aliphatic carboxylic acids is 1. The Morgan fingerprint density at radius 3 is 2.56 bits per heavy atom. The number of hydrogen-bond acceptors (Lipinski definition) is 5. The zero-order valence-corrected chi connectivity index (χ0v) is 16.1. The van der Waals surface area contributed by atoms with E-state index in [9.17, 15) is 14.7 Å². The van der Waals surface area contributed by atoms with E-state index >= 15 is 0 Å². The minimum Gasteiger partial charge on any atom is -0.481 e. The molecular formula is C20H25N3O4. The normalized spacial score (nSPS) is 20.5. The van der Waals surface area contributed by atoms with Crippen molar-refractivity contribution in [2.24, 2.45) is 11.8 Å². The summed E-state index contributed by atoms with van der Waals surface area (Å²) in [6.45, 7) is 8.67. The number of benzene rings is 1. The Labute approximate surface area is 158 Å². The zero-order chi connectivity index (χ0) is 19.8. The molecule has 3 rings (SSSR count). The highest BCUT2D eigenvalue weighted by Crippen LogP contribution is 2.29. The van der Waals surface area contributed by atoms with Crippen LogP contribution in [0.15, 0.2) is 28.8 Å². The van der Waals surface area contributed by atoms with E-state index in [-0.39, 0.29) is 23.8 Å². The lowest BCUT2D eigenvalue weighted by atomic mass is 9.90. The van der Waals surface area contributed by atoms with Gasteiger partial charge in [0.2, 0.25) is 0 Å². The number of carbonyl (C=O) groups is 2. The smallest absolute Gasteiger partial charge is 0.308 e. The second-order valence-corrected chi connectivity index (χ2v) is 8.30. The monoisotopic (exact) mass is 371 g/mol. The molecule has 1 saturated heterocycles. The number of amides is 1. The van der Waals surface area contributed by atoms with Crippen molar-refractivity contribution in [3.63, 3.8) is 0 Å². The summed E-state index contributed by atoms with van der Waals surface area (Å²) in [6, 6.07) is 7.08. The number of piperidine rings is 1. The summed E-state index contributed by atoms with van der Waals surface area (Å²) in [5.74, 6) is -0.619. The van der Waals surface area contributed by atoms with Gasteiger partial charge in [-0.05, 0) is 24.5 Å². The fourth-order valence-electron chi connectivity index (χ4n) is 3.36. The lowest BCUT2D eigenvalue weighted by Crippen LogP contribution is -2.45. The molecule has 7 heteroatoms. The average Bonchev–Trinajstić information content (AvgIpc) is 3.11. The first-order valence-corrected chi connectivity index (χ1v) is 9.12. The van der Waals surface area contributed by atoms with Gasteiger partial charge in [0.1, 0.15) is 0 Å². The highest BCUT2D eigenvalue weighted by molar-refractivity contribution is 6.00. The summed E-state index contributed by atoms with van der Waals surface area (Å²) in [4.78, 5) is 30.6. The Balaban J connectivity index is 1.92. The number of likely N-dealkylation sites (tertiary alicyclic amines) is 1. The van der Waals surface area contributed by atoms with Crippen molar-refractivity contribution in [2.45, 2.75) is 39.5 Å². The van der Waals surface area contributed by atoms with Gasteiger partial charge in [-0.25, -0.2) is 0 Å². The Morgan fingerprint density at radius 1 is 1.22 bits per heavy atom.